The quantitative estimate of drug-likeness (QED) is 0.767. The third kappa shape index (κ3) is 2.65. The average Bonchev–Trinajstić information content (AvgIpc) is 3.17. The fraction of sp³-hybridized carbons (Fsp3) is 0.0769. The summed E-state index contributed by atoms with van der Waals surface area (Å²) in [5.74, 6) is 0.566. The minimum Gasteiger partial charge on any atom is -0.380 e. The van der Waals surface area contributed by atoms with Crippen LogP contribution in [0.2, 0.25) is 0 Å². The zero-order valence-corrected chi connectivity index (χ0v) is 11.2. The number of anilines is 1. The van der Waals surface area contributed by atoms with Crippen LogP contribution >= 0.6 is 11.3 Å². The second-order valence-corrected chi connectivity index (χ2v) is 5.22. The molecule has 3 aromatic rings. The van der Waals surface area contributed by atoms with Gasteiger partial charge >= 0.3 is 0 Å². The van der Waals surface area contributed by atoms with Crippen LogP contribution in [-0.2, 0) is 6.54 Å². The normalized spacial score (nSPS) is 10.2. The van der Waals surface area contributed by atoms with Crippen LogP contribution in [0, 0.1) is 11.3 Å². The third-order valence-electron chi connectivity index (χ3n) is 2.70. The Labute approximate surface area is 119 Å². The van der Waals surface area contributed by atoms with Gasteiger partial charge in [0.05, 0.1) is 0 Å². The summed E-state index contributed by atoms with van der Waals surface area (Å²) in [7, 11) is 0. The van der Waals surface area contributed by atoms with E-state index in [1.54, 1.807) is 0 Å². The van der Waals surface area contributed by atoms with E-state index in [1.165, 1.54) is 11.3 Å². The number of hydrogen-bond donors (Lipinski definition) is 2. The second kappa shape index (κ2) is 5.50. The lowest BCUT2D eigenvalue weighted by molar-refractivity contribution is 0.881. The lowest BCUT2D eigenvalue weighted by Gasteiger charge is -2.05. The SMILES string of the molecule is N#Cc1ccc(CNc2cccc(-c3nn[nH]n3)c2)s1. The number of hydrogen-bond acceptors (Lipinski definition) is 6. The summed E-state index contributed by atoms with van der Waals surface area (Å²) in [5, 5.41) is 26.0. The standard InChI is InChI=1S/C13H10N6S/c14-7-11-4-5-12(20-11)8-15-10-3-1-2-9(6-10)13-16-18-19-17-13/h1-6,15H,8H2,(H,16,17,18,19). The highest BCUT2D eigenvalue weighted by atomic mass is 32.1. The number of benzene rings is 1. The van der Waals surface area contributed by atoms with E-state index in [1.807, 2.05) is 36.4 Å². The van der Waals surface area contributed by atoms with Gasteiger partial charge in [0.15, 0.2) is 0 Å². The maximum Gasteiger partial charge on any atom is 0.204 e. The van der Waals surface area contributed by atoms with Gasteiger partial charge in [-0.3, -0.25) is 0 Å². The fourth-order valence-corrected chi connectivity index (χ4v) is 2.52. The summed E-state index contributed by atoms with van der Waals surface area (Å²) in [6.07, 6.45) is 0. The molecular formula is C13H10N6S. The van der Waals surface area contributed by atoms with Crippen molar-refractivity contribution in [3.8, 4) is 17.5 Å². The van der Waals surface area contributed by atoms with Crippen molar-refractivity contribution in [2.24, 2.45) is 0 Å². The molecule has 2 aromatic heterocycles. The molecule has 0 aliphatic heterocycles. The molecule has 0 unspecified atom stereocenters. The summed E-state index contributed by atoms with van der Waals surface area (Å²) in [5.41, 5.74) is 1.87. The molecule has 7 heteroatoms. The topological polar surface area (TPSA) is 90.3 Å². The van der Waals surface area contributed by atoms with Crippen LogP contribution in [0.25, 0.3) is 11.4 Å². The molecular weight excluding hydrogens is 272 g/mol. The van der Waals surface area contributed by atoms with Crippen LogP contribution in [-0.4, -0.2) is 20.6 Å². The van der Waals surface area contributed by atoms with Crippen molar-refractivity contribution in [2.45, 2.75) is 6.54 Å². The summed E-state index contributed by atoms with van der Waals surface area (Å²) >= 11 is 1.49. The first-order valence-electron chi connectivity index (χ1n) is 5.92. The first kappa shape index (κ1) is 12.3. The summed E-state index contributed by atoms with van der Waals surface area (Å²) in [4.78, 5) is 1.84. The molecule has 0 aliphatic rings. The van der Waals surface area contributed by atoms with Crippen molar-refractivity contribution in [1.82, 2.24) is 20.6 Å². The molecule has 0 saturated carbocycles. The van der Waals surface area contributed by atoms with Crippen LogP contribution in [0.4, 0.5) is 5.69 Å². The molecule has 20 heavy (non-hydrogen) atoms. The van der Waals surface area contributed by atoms with Crippen molar-refractivity contribution in [2.75, 3.05) is 5.32 Å². The minimum atomic E-state index is 0.566. The number of thiophene rings is 1. The van der Waals surface area contributed by atoms with Crippen LogP contribution in [0.3, 0.4) is 0 Å². The van der Waals surface area contributed by atoms with E-state index in [0.29, 0.717) is 12.4 Å². The zero-order chi connectivity index (χ0) is 13.8. The highest BCUT2D eigenvalue weighted by Gasteiger charge is 2.04. The number of aromatic nitrogens is 4. The van der Waals surface area contributed by atoms with E-state index < -0.39 is 0 Å². The van der Waals surface area contributed by atoms with Crippen LogP contribution in [0.5, 0.6) is 0 Å². The van der Waals surface area contributed by atoms with Gasteiger partial charge in [0.1, 0.15) is 10.9 Å². The first-order valence-corrected chi connectivity index (χ1v) is 6.73. The molecule has 0 radical (unpaired) electrons. The predicted octanol–water partition coefficient (Wildman–Crippen LogP) is 2.41. The lowest BCUT2D eigenvalue weighted by atomic mass is 10.2. The monoisotopic (exact) mass is 282 g/mol. The molecule has 0 amide bonds. The number of tetrazole rings is 1. The van der Waals surface area contributed by atoms with Crippen molar-refractivity contribution in [3.05, 3.63) is 46.2 Å². The number of nitriles is 1. The smallest absolute Gasteiger partial charge is 0.204 e. The molecule has 3 rings (SSSR count). The van der Waals surface area contributed by atoms with Gasteiger partial charge in [0.2, 0.25) is 5.82 Å². The van der Waals surface area contributed by atoms with E-state index in [-0.39, 0.29) is 0 Å². The first-order chi connectivity index (χ1) is 9.85. The molecule has 0 aliphatic carbocycles. The Balaban J connectivity index is 1.72. The van der Waals surface area contributed by atoms with Crippen molar-refractivity contribution in [3.63, 3.8) is 0 Å². The molecule has 0 atom stereocenters. The summed E-state index contributed by atoms with van der Waals surface area (Å²) in [6.45, 7) is 0.683. The van der Waals surface area contributed by atoms with E-state index in [9.17, 15) is 0 Å². The molecule has 2 N–H and O–H groups in total. The molecule has 6 nitrogen and oxygen atoms in total. The predicted molar refractivity (Wildman–Crippen MR) is 76.0 cm³/mol. The molecule has 0 saturated heterocycles. The largest absolute Gasteiger partial charge is 0.380 e. The number of aromatic amines is 1. The number of nitrogens with zero attached hydrogens (tertiary/aromatic N) is 4. The summed E-state index contributed by atoms with van der Waals surface area (Å²) in [6, 6.07) is 13.7. The highest BCUT2D eigenvalue weighted by molar-refractivity contribution is 7.12. The van der Waals surface area contributed by atoms with E-state index >= 15 is 0 Å². The zero-order valence-electron chi connectivity index (χ0n) is 10.4. The molecule has 98 valence electrons. The second-order valence-electron chi connectivity index (χ2n) is 4.05. The Morgan fingerprint density at radius 2 is 2.25 bits per heavy atom. The molecule has 2 heterocycles. The van der Waals surface area contributed by atoms with Crippen LogP contribution in [0.1, 0.15) is 9.75 Å². The summed E-state index contributed by atoms with van der Waals surface area (Å²) < 4.78 is 0. The maximum atomic E-state index is 8.80. The minimum absolute atomic E-state index is 0.566. The Morgan fingerprint density at radius 3 is 3.00 bits per heavy atom. The molecule has 0 bridgehead atoms. The van der Waals surface area contributed by atoms with Gasteiger partial charge < -0.3 is 5.32 Å². The van der Waals surface area contributed by atoms with E-state index in [0.717, 1.165) is 21.0 Å². The van der Waals surface area contributed by atoms with Crippen LogP contribution in [0.15, 0.2) is 36.4 Å². The Kier molecular flexibility index (Phi) is 3.39. The number of H-pyrrole nitrogens is 1. The number of rotatable bonds is 4. The van der Waals surface area contributed by atoms with Gasteiger partial charge in [-0.2, -0.15) is 10.5 Å². The van der Waals surface area contributed by atoms with Gasteiger partial charge in [-0.1, -0.05) is 12.1 Å². The maximum absolute atomic E-state index is 8.80. The van der Waals surface area contributed by atoms with Gasteiger partial charge in [0.25, 0.3) is 0 Å². The van der Waals surface area contributed by atoms with Crippen LogP contribution < -0.4 is 5.32 Å². The van der Waals surface area contributed by atoms with Gasteiger partial charge in [0, 0.05) is 22.7 Å². The Bertz CT molecular complexity index is 740. The fourth-order valence-electron chi connectivity index (χ4n) is 1.77. The van der Waals surface area contributed by atoms with E-state index in [2.05, 4.69) is 32.0 Å². The number of nitrogens with one attached hydrogen (secondary N) is 2. The molecule has 1 aromatic carbocycles. The third-order valence-corrected chi connectivity index (χ3v) is 3.69. The van der Waals surface area contributed by atoms with Crippen molar-refractivity contribution >= 4 is 17.0 Å². The van der Waals surface area contributed by atoms with Gasteiger partial charge in [-0.15, -0.1) is 21.5 Å². The Hall–Kier alpha value is -2.72. The van der Waals surface area contributed by atoms with Crippen molar-refractivity contribution < 1.29 is 0 Å². The average molecular weight is 282 g/mol. The van der Waals surface area contributed by atoms with E-state index in [4.69, 9.17) is 5.26 Å². The Morgan fingerprint density at radius 1 is 1.30 bits per heavy atom. The van der Waals surface area contributed by atoms with Gasteiger partial charge in [-0.05, 0) is 29.5 Å². The molecule has 0 spiro atoms. The lowest BCUT2D eigenvalue weighted by Crippen LogP contribution is -1.97. The molecule has 0 fully saturated rings. The van der Waals surface area contributed by atoms with Crippen molar-refractivity contribution in [1.29, 1.82) is 5.26 Å². The van der Waals surface area contributed by atoms with Gasteiger partial charge in [-0.25, -0.2) is 0 Å². The highest BCUT2D eigenvalue weighted by Crippen LogP contribution is 2.20.